The van der Waals surface area contributed by atoms with Crippen LogP contribution in [0.4, 0.5) is 8.78 Å². The Labute approximate surface area is 108 Å². The highest BCUT2D eigenvalue weighted by molar-refractivity contribution is 5.86. The normalized spacial score (nSPS) is 22.1. The number of carbonyl (C=O) groups is 1. The first-order chi connectivity index (χ1) is 8.80. The highest BCUT2D eigenvalue weighted by Gasteiger charge is 2.34. The van der Waals surface area contributed by atoms with Gasteiger partial charge < -0.3 is 9.84 Å². The van der Waals surface area contributed by atoms with Crippen LogP contribution in [-0.4, -0.2) is 37.8 Å². The molecule has 2 heterocycles. The van der Waals surface area contributed by atoms with Gasteiger partial charge in [0.2, 0.25) is 0 Å². The minimum absolute atomic E-state index is 0.0867. The van der Waals surface area contributed by atoms with Gasteiger partial charge in [-0.1, -0.05) is 5.21 Å². The lowest BCUT2D eigenvalue weighted by molar-refractivity contribution is -0.0244. The molecule has 1 aromatic heterocycles. The number of nitrogens with zero attached hydrogens (tertiary/aromatic N) is 3. The lowest BCUT2D eigenvalue weighted by atomic mass is 10.1. The van der Waals surface area contributed by atoms with E-state index >= 15 is 0 Å². The number of carboxylic acid groups (broad SMARTS) is 1. The molecule has 106 valence electrons. The molecule has 8 heteroatoms. The van der Waals surface area contributed by atoms with Crippen molar-refractivity contribution in [1.29, 1.82) is 0 Å². The van der Waals surface area contributed by atoms with Gasteiger partial charge in [-0.25, -0.2) is 18.3 Å². The van der Waals surface area contributed by atoms with Crippen LogP contribution in [0.5, 0.6) is 0 Å². The predicted molar refractivity (Wildman–Crippen MR) is 60.1 cm³/mol. The summed E-state index contributed by atoms with van der Waals surface area (Å²) in [4.78, 5) is 10.8. The molecule has 1 unspecified atom stereocenters. The zero-order valence-corrected chi connectivity index (χ0v) is 10.6. The second kappa shape index (κ2) is 4.84. The van der Waals surface area contributed by atoms with E-state index in [0.717, 1.165) is 17.5 Å². The molecule has 2 rings (SSSR count). The van der Waals surface area contributed by atoms with Crippen molar-refractivity contribution >= 4 is 5.97 Å². The summed E-state index contributed by atoms with van der Waals surface area (Å²) >= 11 is 0. The van der Waals surface area contributed by atoms with Crippen molar-refractivity contribution in [2.75, 3.05) is 0 Å². The van der Waals surface area contributed by atoms with E-state index < -0.39 is 23.8 Å². The standard InChI is InChI=1S/C11H15F2N3O3/c1-11(2)4-3-6(19-11)5-16-8(9(12)13)7(10(17)18)14-15-16/h6,9H,3-5H2,1-2H3,(H,17,18). The molecule has 0 spiro atoms. The predicted octanol–water partition coefficient (Wildman–Crippen LogP) is 1.87. The van der Waals surface area contributed by atoms with Gasteiger partial charge in [-0.15, -0.1) is 5.10 Å². The molecule has 0 aliphatic carbocycles. The number of halogens is 2. The van der Waals surface area contributed by atoms with Crippen LogP contribution in [0, 0.1) is 0 Å². The van der Waals surface area contributed by atoms with E-state index in [1.165, 1.54) is 0 Å². The first kappa shape index (κ1) is 13.9. The minimum Gasteiger partial charge on any atom is -0.476 e. The Hall–Kier alpha value is -1.57. The molecule has 0 amide bonds. The summed E-state index contributed by atoms with van der Waals surface area (Å²) in [6.45, 7) is 3.93. The molecule has 1 N–H and O–H groups in total. The topological polar surface area (TPSA) is 77.2 Å². The third-order valence-electron chi connectivity index (χ3n) is 3.11. The summed E-state index contributed by atoms with van der Waals surface area (Å²) < 4.78 is 32.4. The van der Waals surface area contributed by atoms with Gasteiger partial charge in [0.25, 0.3) is 6.43 Å². The van der Waals surface area contributed by atoms with Crippen molar-refractivity contribution in [3.05, 3.63) is 11.4 Å². The van der Waals surface area contributed by atoms with Crippen molar-refractivity contribution in [1.82, 2.24) is 15.0 Å². The van der Waals surface area contributed by atoms with Gasteiger partial charge in [-0.3, -0.25) is 0 Å². The Morgan fingerprint density at radius 1 is 1.63 bits per heavy atom. The Kier molecular flexibility index (Phi) is 3.53. The number of aromatic carboxylic acids is 1. The highest BCUT2D eigenvalue weighted by Crippen LogP contribution is 2.31. The molecular formula is C11H15F2N3O3. The summed E-state index contributed by atoms with van der Waals surface area (Å²) in [6, 6.07) is 0. The van der Waals surface area contributed by atoms with Crippen molar-refractivity contribution in [3.63, 3.8) is 0 Å². The monoisotopic (exact) mass is 275 g/mol. The molecule has 1 saturated heterocycles. The van der Waals surface area contributed by atoms with Crippen LogP contribution in [0.3, 0.4) is 0 Å². The van der Waals surface area contributed by atoms with E-state index in [0.29, 0.717) is 0 Å². The van der Waals surface area contributed by atoms with Crippen LogP contribution in [0.15, 0.2) is 0 Å². The third kappa shape index (κ3) is 2.89. The second-order valence-corrected chi connectivity index (χ2v) is 5.15. The lowest BCUT2D eigenvalue weighted by Crippen LogP contribution is -2.24. The Bertz CT molecular complexity index is 488. The SMILES string of the molecule is CC1(C)CCC(Cn2nnc(C(=O)O)c2C(F)F)O1. The van der Waals surface area contributed by atoms with Crippen LogP contribution in [0.25, 0.3) is 0 Å². The largest absolute Gasteiger partial charge is 0.476 e. The van der Waals surface area contributed by atoms with Gasteiger partial charge in [-0.05, 0) is 26.7 Å². The van der Waals surface area contributed by atoms with Crippen LogP contribution >= 0.6 is 0 Å². The number of rotatable bonds is 4. The van der Waals surface area contributed by atoms with Gasteiger partial charge >= 0.3 is 5.97 Å². The summed E-state index contributed by atoms with van der Waals surface area (Å²) in [6.07, 6.45) is -1.65. The Balaban J connectivity index is 2.19. The molecular weight excluding hydrogens is 260 g/mol. The van der Waals surface area contributed by atoms with E-state index in [-0.39, 0.29) is 18.2 Å². The molecule has 1 aromatic rings. The number of hydrogen-bond acceptors (Lipinski definition) is 4. The van der Waals surface area contributed by atoms with Gasteiger partial charge in [0.15, 0.2) is 5.69 Å². The minimum atomic E-state index is -2.93. The third-order valence-corrected chi connectivity index (χ3v) is 3.11. The van der Waals surface area contributed by atoms with Gasteiger partial charge in [-0.2, -0.15) is 0 Å². The molecule has 0 aromatic carbocycles. The lowest BCUT2D eigenvalue weighted by Gasteiger charge is -2.19. The van der Waals surface area contributed by atoms with Crippen LogP contribution in [0.2, 0.25) is 0 Å². The van der Waals surface area contributed by atoms with Crippen LogP contribution in [0.1, 0.15) is 49.3 Å². The first-order valence-corrected chi connectivity index (χ1v) is 5.93. The maximum absolute atomic E-state index is 12.9. The zero-order chi connectivity index (χ0) is 14.2. The fourth-order valence-corrected chi connectivity index (χ4v) is 2.22. The summed E-state index contributed by atoms with van der Waals surface area (Å²) in [5, 5.41) is 15.6. The number of carboxylic acids is 1. The fraction of sp³-hybridized carbons (Fsp3) is 0.727. The van der Waals surface area contributed by atoms with E-state index in [9.17, 15) is 13.6 Å². The van der Waals surface area contributed by atoms with Crippen molar-refractivity contribution in [2.45, 2.75) is 51.4 Å². The quantitative estimate of drug-likeness (QED) is 0.907. The first-order valence-electron chi connectivity index (χ1n) is 5.93. The summed E-state index contributed by atoms with van der Waals surface area (Å²) in [7, 11) is 0. The van der Waals surface area contributed by atoms with Crippen LogP contribution < -0.4 is 0 Å². The molecule has 0 saturated carbocycles. The fourth-order valence-electron chi connectivity index (χ4n) is 2.22. The molecule has 0 radical (unpaired) electrons. The number of aromatic nitrogens is 3. The molecule has 0 bridgehead atoms. The van der Waals surface area contributed by atoms with Crippen molar-refractivity contribution < 1.29 is 23.4 Å². The van der Waals surface area contributed by atoms with Gasteiger partial charge in [0.1, 0.15) is 5.69 Å². The average molecular weight is 275 g/mol. The molecule has 1 atom stereocenters. The zero-order valence-electron chi connectivity index (χ0n) is 10.6. The van der Waals surface area contributed by atoms with E-state index in [1.54, 1.807) is 0 Å². The van der Waals surface area contributed by atoms with E-state index in [4.69, 9.17) is 9.84 Å². The number of hydrogen-bond donors (Lipinski definition) is 1. The molecule has 1 aliphatic rings. The van der Waals surface area contributed by atoms with E-state index in [2.05, 4.69) is 10.3 Å². The van der Waals surface area contributed by atoms with Crippen molar-refractivity contribution in [3.8, 4) is 0 Å². The molecule has 6 nitrogen and oxygen atoms in total. The summed E-state index contributed by atoms with van der Waals surface area (Å²) in [5.41, 5.74) is -1.65. The van der Waals surface area contributed by atoms with Crippen LogP contribution in [-0.2, 0) is 11.3 Å². The highest BCUT2D eigenvalue weighted by atomic mass is 19.3. The number of alkyl halides is 2. The van der Waals surface area contributed by atoms with Gasteiger partial charge in [0, 0.05) is 0 Å². The smallest absolute Gasteiger partial charge is 0.358 e. The molecule has 19 heavy (non-hydrogen) atoms. The summed E-state index contributed by atoms with van der Waals surface area (Å²) in [5.74, 6) is -1.51. The Morgan fingerprint density at radius 3 is 2.79 bits per heavy atom. The Morgan fingerprint density at radius 2 is 2.32 bits per heavy atom. The maximum Gasteiger partial charge on any atom is 0.358 e. The molecule has 1 aliphatic heterocycles. The van der Waals surface area contributed by atoms with Crippen molar-refractivity contribution in [2.24, 2.45) is 0 Å². The maximum atomic E-state index is 12.9. The molecule has 1 fully saturated rings. The average Bonchev–Trinajstić information content (AvgIpc) is 2.82. The van der Waals surface area contributed by atoms with Gasteiger partial charge in [0.05, 0.1) is 18.2 Å². The second-order valence-electron chi connectivity index (χ2n) is 5.15. The van der Waals surface area contributed by atoms with E-state index in [1.807, 2.05) is 13.8 Å². The number of ether oxygens (including phenoxy) is 1.